The summed E-state index contributed by atoms with van der Waals surface area (Å²) in [6, 6.07) is 11.0. The van der Waals surface area contributed by atoms with Gasteiger partial charge in [0.25, 0.3) is 0 Å². The van der Waals surface area contributed by atoms with Gasteiger partial charge < -0.3 is 4.74 Å². The Bertz CT molecular complexity index is 555. The van der Waals surface area contributed by atoms with Gasteiger partial charge in [-0.25, -0.2) is 4.39 Å². The first-order valence-corrected chi connectivity index (χ1v) is 5.66. The highest BCUT2D eigenvalue weighted by atomic mass is 79.9. The third-order valence-electron chi connectivity index (χ3n) is 2.12. The van der Waals surface area contributed by atoms with Crippen LogP contribution in [0.1, 0.15) is 10.4 Å². The van der Waals surface area contributed by atoms with Gasteiger partial charge in [0.2, 0.25) is 0 Å². The molecule has 0 heterocycles. The van der Waals surface area contributed by atoms with Gasteiger partial charge in [0.05, 0.1) is 0 Å². The second kappa shape index (κ2) is 5.10. The van der Waals surface area contributed by atoms with Crippen molar-refractivity contribution in [3.63, 3.8) is 0 Å². The van der Waals surface area contributed by atoms with Crippen LogP contribution in [0.5, 0.6) is 11.5 Å². The number of hydrogen-bond donors (Lipinski definition) is 0. The van der Waals surface area contributed by atoms with Gasteiger partial charge in [0, 0.05) is 10.0 Å². The first-order valence-electron chi connectivity index (χ1n) is 4.87. The quantitative estimate of drug-likeness (QED) is 0.793. The highest BCUT2D eigenvalue weighted by Gasteiger charge is 2.05. The van der Waals surface area contributed by atoms with Crippen molar-refractivity contribution in [1.82, 2.24) is 0 Å². The normalized spacial score (nSPS) is 10.0. The summed E-state index contributed by atoms with van der Waals surface area (Å²) in [5.74, 6) is 0.0822. The van der Waals surface area contributed by atoms with Crippen LogP contribution < -0.4 is 4.74 Å². The number of aldehydes is 1. The van der Waals surface area contributed by atoms with Gasteiger partial charge >= 0.3 is 0 Å². The summed E-state index contributed by atoms with van der Waals surface area (Å²) in [6.45, 7) is 0. The van der Waals surface area contributed by atoms with Crippen LogP contribution in [0.4, 0.5) is 4.39 Å². The maximum absolute atomic E-state index is 13.4. The monoisotopic (exact) mass is 294 g/mol. The van der Waals surface area contributed by atoms with E-state index in [1.165, 1.54) is 12.1 Å². The molecular formula is C13H8BrFO2. The van der Waals surface area contributed by atoms with Crippen LogP contribution in [0.15, 0.2) is 46.9 Å². The summed E-state index contributed by atoms with van der Waals surface area (Å²) in [5, 5.41) is 0. The van der Waals surface area contributed by atoms with Crippen molar-refractivity contribution in [1.29, 1.82) is 0 Å². The lowest BCUT2D eigenvalue weighted by atomic mass is 10.2. The van der Waals surface area contributed by atoms with Crippen LogP contribution in [0.3, 0.4) is 0 Å². The van der Waals surface area contributed by atoms with E-state index in [2.05, 4.69) is 15.9 Å². The molecule has 0 atom stereocenters. The van der Waals surface area contributed by atoms with E-state index in [-0.39, 0.29) is 5.75 Å². The van der Waals surface area contributed by atoms with E-state index in [0.717, 1.165) is 4.47 Å². The highest BCUT2D eigenvalue weighted by Crippen LogP contribution is 2.27. The summed E-state index contributed by atoms with van der Waals surface area (Å²) in [5.41, 5.74) is 0.484. The van der Waals surface area contributed by atoms with Crippen molar-refractivity contribution in [3.05, 3.63) is 58.3 Å². The van der Waals surface area contributed by atoms with E-state index in [9.17, 15) is 9.18 Å². The van der Waals surface area contributed by atoms with Crippen molar-refractivity contribution in [2.45, 2.75) is 0 Å². The van der Waals surface area contributed by atoms with Crippen LogP contribution >= 0.6 is 15.9 Å². The van der Waals surface area contributed by atoms with E-state index in [0.29, 0.717) is 17.6 Å². The standard InChI is InChI=1S/C13H8BrFO2/c14-10-4-5-12(15)13(7-10)17-11-3-1-2-9(6-11)8-16/h1-8H. The topological polar surface area (TPSA) is 26.3 Å². The lowest BCUT2D eigenvalue weighted by Crippen LogP contribution is -1.89. The molecule has 0 N–H and O–H groups in total. The minimum atomic E-state index is -0.454. The Balaban J connectivity index is 2.30. The largest absolute Gasteiger partial charge is 0.454 e. The SMILES string of the molecule is O=Cc1cccc(Oc2cc(Br)ccc2F)c1. The smallest absolute Gasteiger partial charge is 0.165 e. The van der Waals surface area contributed by atoms with Gasteiger partial charge in [-0.2, -0.15) is 0 Å². The molecule has 0 aliphatic rings. The first kappa shape index (κ1) is 11.8. The number of halogens is 2. The van der Waals surface area contributed by atoms with Crippen LogP contribution in [-0.4, -0.2) is 6.29 Å². The Kier molecular flexibility index (Phi) is 3.54. The van der Waals surface area contributed by atoms with Gasteiger partial charge in [0.1, 0.15) is 12.0 Å². The van der Waals surface area contributed by atoms with Crippen LogP contribution in [0.2, 0.25) is 0 Å². The summed E-state index contributed by atoms with van der Waals surface area (Å²) in [4.78, 5) is 10.6. The molecule has 0 spiro atoms. The fourth-order valence-corrected chi connectivity index (χ4v) is 1.67. The molecular weight excluding hydrogens is 287 g/mol. The number of hydrogen-bond acceptors (Lipinski definition) is 2. The van der Waals surface area contributed by atoms with Gasteiger partial charge in [-0.05, 0) is 30.3 Å². The average Bonchev–Trinajstić information content (AvgIpc) is 2.34. The zero-order valence-electron chi connectivity index (χ0n) is 8.69. The van der Waals surface area contributed by atoms with E-state index < -0.39 is 5.82 Å². The van der Waals surface area contributed by atoms with Crippen molar-refractivity contribution in [2.24, 2.45) is 0 Å². The van der Waals surface area contributed by atoms with E-state index in [4.69, 9.17) is 4.74 Å². The molecule has 2 nitrogen and oxygen atoms in total. The maximum atomic E-state index is 13.4. The second-order valence-electron chi connectivity index (χ2n) is 3.37. The molecule has 17 heavy (non-hydrogen) atoms. The van der Waals surface area contributed by atoms with Crippen molar-refractivity contribution < 1.29 is 13.9 Å². The molecule has 0 aromatic heterocycles. The number of ether oxygens (including phenoxy) is 1. The highest BCUT2D eigenvalue weighted by molar-refractivity contribution is 9.10. The lowest BCUT2D eigenvalue weighted by Gasteiger charge is -2.07. The molecule has 0 saturated heterocycles. The van der Waals surface area contributed by atoms with Crippen LogP contribution in [0.25, 0.3) is 0 Å². The molecule has 0 amide bonds. The lowest BCUT2D eigenvalue weighted by molar-refractivity contribution is 0.112. The maximum Gasteiger partial charge on any atom is 0.165 e. The molecule has 2 aromatic rings. The number of benzene rings is 2. The Hall–Kier alpha value is -1.68. The van der Waals surface area contributed by atoms with E-state index in [1.807, 2.05) is 0 Å². The number of carbonyl (C=O) groups is 1. The van der Waals surface area contributed by atoms with Crippen LogP contribution in [0, 0.1) is 5.82 Å². The van der Waals surface area contributed by atoms with Crippen molar-refractivity contribution >= 4 is 22.2 Å². The Morgan fingerprint density at radius 2 is 2.00 bits per heavy atom. The third-order valence-corrected chi connectivity index (χ3v) is 2.61. The average molecular weight is 295 g/mol. The Morgan fingerprint density at radius 1 is 1.18 bits per heavy atom. The molecule has 2 aromatic carbocycles. The Labute approximate surface area is 106 Å². The Morgan fingerprint density at radius 3 is 2.76 bits per heavy atom. The number of rotatable bonds is 3. The third kappa shape index (κ3) is 2.91. The summed E-state index contributed by atoms with van der Waals surface area (Å²) in [6.07, 6.45) is 0.712. The van der Waals surface area contributed by atoms with Crippen molar-refractivity contribution in [3.8, 4) is 11.5 Å². The van der Waals surface area contributed by atoms with Gasteiger partial charge in [-0.3, -0.25) is 4.79 Å². The molecule has 4 heteroatoms. The summed E-state index contributed by atoms with van der Waals surface area (Å²) < 4.78 is 19.5. The fraction of sp³-hybridized carbons (Fsp3) is 0. The predicted octanol–water partition coefficient (Wildman–Crippen LogP) is 4.19. The zero-order chi connectivity index (χ0) is 12.3. The van der Waals surface area contributed by atoms with Gasteiger partial charge in [-0.1, -0.05) is 28.1 Å². The first-order chi connectivity index (χ1) is 8.19. The molecule has 0 radical (unpaired) electrons. The zero-order valence-corrected chi connectivity index (χ0v) is 10.3. The van der Waals surface area contributed by atoms with Crippen molar-refractivity contribution in [2.75, 3.05) is 0 Å². The molecule has 0 bridgehead atoms. The van der Waals surface area contributed by atoms with E-state index >= 15 is 0 Å². The number of carbonyl (C=O) groups excluding carboxylic acids is 1. The summed E-state index contributed by atoms with van der Waals surface area (Å²) >= 11 is 3.23. The van der Waals surface area contributed by atoms with Gasteiger partial charge in [0.15, 0.2) is 11.6 Å². The minimum absolute atomic E-state index is 0.113. The predicted molar refractivity (Wildman–Crippen MR) is 66.0 cm³/mol. The molecule has 2 rings (SSSR count). The molecule has 0 unspecified atom stereocenters. The molecule has 0 aliphatic carbocycles. The molecule has 0 fully saturated rings. The van der Waals surface area contributed by atoms with Gasteiger partial charge in [-0.15, -0.1) is 0 Å². The molecule has 0 aliphatic heterocycles. The minimum Gasteiger partial charge on any atom is -0.454 e. The van der Waals surface area contributed by atoms with E-state index in [1.54, 1.807) is 30.3 Å². The fourth-order valence-electron chi connectivity index (χ4n) is 1.33. The summed E-state index contributed by atoms with van der Waals surface area (Å²) in [7, 11) is 0. The molecule has 86 valence electrons. The van der Waals surface area contributed by atoms with Crippen LogP contribution in [-0.2, 0) is 0 Å². The molecule has 0 saturated carbocycles. The second-order valence-corrected chi connectivity index (χ2v) is 4.28.